The van der Waals surface area contributed by atoms with Crippen LogP contribution in [0, 0.1) is 17.2 Å². The molecule has 160 valence electrons. The highest BCUT2D eigenvalue weighted by Crippen LogP contribution is 2.32. The van der Waals surface area contributed by atoms with Gasteiger partial charge in [-0.1, -0.05) is 44.2 Å². The molecule has 0 radical (unpaired) electrons. The molecule has 0 bridgehead atoms. The number of hydrogen-bond acceptors (Lipinski definition) is 4. The first-order chi connectivity index (χ1) is 13.9. The molecule has 0 unspecified atom stereocenters. The van der Waals surface area contributed by atoms with Gasteiger partial charge in [0.25, 0.3) is 0 Å². The topological polar surface area (TPSA) is 64.4 Å². The Morgan fingerprint density at radius 3 is 2.66 bits per heavy atom. The number of unbranched alkanes of at least 4 members (excludes halogenated alkanes) is 1. The summed E-state index contributed by atoms with van der Waals surface area (Å²) in [6.45, 7) is 4.07. The molecule has 1 saturated heterocycles. The van der Waals surface area contributed by atoms with E-state index in [1.807, 2.05) is 19.1 Å². The largest absolute Gasteiger partial charge is 0.367 e. The first-order valence-corrected chi connectivity index (χ1v) is 12.9. The molecule has 29 heavy (non-hydrogen) atoms. The van der Waals surface area contributed by atoms with E-state index in [2.05, 4.69) is 11.0 Å². The van der Waals surface area contributed by atoms with Crippen molar-refractivity contribution >= 4 is 27.3 Å². The van der Waals surface area contributed by atoms with Crippen molar-refractivity contribution in [3.05, 3.63) is 28.8 Å². The highest BCUT2D eigenvalue weighted by Gasteiger charge is 2.35. The van der Waals surface area contributed by atoms with Gasteiger partial charge in [0.05, 0.1) is 16.3 Å². The van der Waals surface area contributed by atoms with Crippen molar-refractivity contribution in [2.45, 2.75) is 64.3 Å². The normalized spacial score (nSPS) is 21.2. The second-order valence-electron chi connectivity index (χ2n) is 8.40. The molecule has 1 aliphatic heterocycles. The number of anilines is 1. The quantitative estimate of drug-likeness (QED) is 0.585. The molecular weight excluding hydrogens is 406 g/mol. The Kier molecular flexibility index (Phi) is 7.84. The van der Waals surface area contributed by atoms with E-state index in [1.54, 1.807) is 10.4 Å². The van der Waals surface area contributed by atoms with Crippen LogP contribution in [0.1, 0.15) is 63.9 Å². The summed E-state index contributed by atoms with van der Waals surface area (Å²) >= 11 is 6.33. The SMILES string of the molecule is CCCCS(=O)(=O)N1CC[C@H](N(CC2CCCCC2)c2ccc(C#N)c(Cl)c2)C1. The van der Waals surface area contributed by atoms with E-state index in [0.29, 0.717) is 36.0 Å². The predicted octanol–water partition coefficient (Wildman–Crippen LogP) is 4.80. The van der Waals surface area contributed by atoms with Crippen LogP contribution >= 0.6 is 11.6 Å². The Bertz CT molecular complexity index is 831. The summed E-state index contributed by atoms with van der Waals surface area (Å²) in [4.78, 5) is 2.36. The molecule has 2 aliphatic rings. The lowest BCUT2D eigenvalue weighted by Gasteiger charge is -2.36. The molecule has 0 amide bonds. The van der Waals surface area contributed by atoms with Crippen molar-refractivity contribution in [3.63, 3.8) is 0 Å². The van der Waals surface area contributed by atoms with Crippen LogP contribution in [0.4, 0.5) is 5.69 Å². The lowest BCUT2D eigenvalue weighted by Crippen LogP contribution is -2.42. The van der Waals surface area contributed by atoms with Gasteiger partial charge in [-0.2, -0.15) is 9.57 Å². The van der Waals surface area contributed by atoms with Gasteiger partial charge in [0.2, 0.25) is 10.0 Å². The van der Waals surface area contributed by atoms with Crippen LogP contribution in [0.3, 0.4) is 0 Å². The molecule has 3 rings (SSSR count). The average Bonchev–Trinajstić information content (AvgIpc) is 3.22. The number of rotatable bonds is 8. The van der Waals surface area contributed by atoms with Crippen molar-refractivity contribution in [1.82, 2.24) is 4.31 Å². The molecule has 0 N–H and O–H groups in total. The number of nitriles is 1. The maximum atomic E-state index is 12.7. The first kappa shape index (κ1) is 22.4. The van der Waals surface area contributed by atoms with Crippen LogP contribution in [-0.4, -0.2) is 44.2 Å². The van der Waals surface area contributed by atoms with Gasteiger partial charge in [0, 0.05) is 31.4 Å². The Morgan fingerprint density at radius 2 is 2.00 bits per heavy atom. The fourth-order valence-electron chi connectivity index (χ4n) is 4.56. The molecule has 1 aliphatic carbocycles. The van der Waals surface area contributed by atoms with E-state index in [0.717, 1.165) is 25.1 Å². The first-order valence-electron chi connectivity index (χ1n) is 10.9. The fraction of sp³-hybridized carbons (Fsp3) is 0.682. The fourth-order valence-corrected chi connectivity index (χ4v) is 6.47. The summed E-state index contributed by atoms with van der Waals surface area (Å²) in [5.41, 5.74) is 1.47. The van der Waals surface area contributed by atoms with Crippen molar-refractivity contribution in [2.24, 2.45) is 5.92 Å². The second-order valence-corrected chi connectivity index (χ2v) is 10.9. The van der Waals surface area contributed by atoms with Crippen molar-refractivity contribution in [1.29, 1.82) is 5.26 Å². The molecule has 0 spiro atoms. The van der Waals surface area contributed by atoms with Gasteiger partial charge in [-0.15, -0.1) is 0 Å². The third kappa shape index (κ3) is 5.65. The van der Waals surface area contributed by atoms with Crippen molar-refractivity contribution in [3.8, 4) is 6.07 Å². The predicted molar refractivity (Wildman–Crippen MR) is 119 cm³/mol. The Morgan fingerprint density at radius 1 is 1.24 bits per heavy atom. The summed E-state index contributed by atoms with van der Waals surface area (Å²) in [6, 6.07) is 7.88. The van der Waals surface area contributed by atoms with Crippen molar-refractivity contribution in [2.75, 3.05) is 30.3 Å². The molecule has 0 aromatic heterocycles. The minimum absolute atomic E-state index is 0.150. The van der Waals surface area contributed by atoms with Crippen LogP contribution in [0.5, 0.6) is 0 Å². The molecule has 1 atom stereocenters. The monoisotopic (exact) mass is 437 g/mol. The number of benzene rings is 1. The molecular formula is C22H32ClN3O2S. The summed E-state index contributed by atoms with van der Waals surface area (Å²) in [6.07, 6.45) is 8.73. The molecule has 2 fully saturated rings. The Hall–Kier alpha value is -1.29. The van der Waals surface area contributed by atoms with Gasteiger partial charge >= 0.3 is 0 Å². The van der Waals surface area contributed by atoms with Crippen LogP contribution < -0.4 is 4.90 Å². The molecule has 1 saturated carbocycles. The number of sulfonamides is 1. The van der Waals surface area contributed by atoms with Gasteiger partial charge in [0.15, 0.2) is 0 Å². The minimum Gasteiger partial charge on any atom is -0.367 e. The second kappa shape index (κ2) is 10.1. The maximum Gasteiger partial charge on any atom is 0.214 e. The Balaban J connectivity index is 1.80. The highest BCUT2D eigenvalue weighted by atomic mass is 35.5. The van der Waals surface area contributed by atoms with Crippen LogP contribution in [-0.2, 0) is 10.0 Å². The molecule has 5 nitrogen and oxygen atoms in total. The zero-order valence-electron chi connectivity index (χ0n) is 17.3. The summed E-state index contributed by atoms with van der Waals surface area (Å²) in [7, 11) is -3.19. The smallest absolute Gasteiger partial charge is 0.214 e. The zero-order valence-corrected chi connectivity index (χ0v) is 18.9. The van der Waals surface area contributed by atoms with Crippen LogP contribution in [0.2, 0.25) is 5.02 Å². The lowest BCUT2D eigenvalue weighted by molar-refractivity contribution is 0.349. The number of halogens is 1. The van der Waals surface area contributed by atoms with Gasteiger partial charge in [0.1, 0.15) is 6.07 Å². The molecule has 1 aromatic rings. The van der Waals surface area contributed by atoms with E-state index < -0.39 is 10.0 Å². The van der Waals surface area contributed by atoms with Gasteiger partial charge in [-0.25, -0.2) is 8.42 Å². The molecule has 7 heteroatoms. The van der Waals surface area contributed by atoms with Gasteiger partial charge in [-0.3, -0.25) is 0 Å². The number of hydrogen-bond donors (Lipinski definition) is 0. The maximum absolute atomic E-state index is 12.7. The van der Waals surface area contributed by atoms with Gasteiger partial charge < -0.3 is 4.90 Å². The summed E-state index contributed by atoms with van der Waals surface area (Å²) in [5.74, 6) is 0.866. The minimum atomic E-state index is -3.19. The van der Waals surface area contributed by atoms with E-state index in [9.17, 15) is 13.7 Å². The molecule has 1 aromatic carbocycles. The Labute approximate surface area is 180 Å². The third-order valence-corrected chi connectivity index (χ3v) is 8.54. The van der Waals surface area contributed by atoms with Crippen LogP contribution in [0.15, 0.2) is 18.2 Å². The van der Waals surface area contributed by atoms with Gasteiger partial charge in [-0.05, 0) is 49.8 Å². The lowest BCUT2D eigenvalue weighted by atomic mass is 9.88. The van der Waals surface area contributed by atoms with E-state index in [4.69, 9.17) is 11.6 Å². The van der Waals surface area contributed by atoms with E-state index >= 15 is 0 Å². The zero-order chi connectivity index (χ0) is 20.9. The molecule has 1 heterocycles. The average molecular weight is 438 g/mol. The third-order valence-electron chi connectivity index (χ3n) is 6.30. The highest BCUT2D eigenvalue weighted by molar-refractivity contribution is 7.89. The summed E-state index contributed by atoms with van der Waals surface area (Å²) < 4.78 is 27.0. The van der Waals surface area contributed by atoms with E-state index in [-0.39, 0.29) is 11.8 Å². The van der Waals surface area contributed by atoms with Crippen LogP contribution in [0.25, 0.3) is 0 Å². The van der Waals surface area contributed by atoms with E-state index in [1.165, 1.54) is 32.1 Å². The van der Waals surface area contributed by atoms with Crippen molar-refractivity contribution < 1.29 is 8.42 Å². The summed E-state index contributed by atoms with van der Waals surface area (Å²) in [5, 5.41) is 9.66. The number of nitrogens with zero attached hydrogens (tertiary/aromatic N) is 3. The standard InChI is InChI=1S/C22H32ClN3O2S/c1-2-3-13-29(27,28)25-12-11-21(17-25)26(16-18-7-5-4-6-8-18)20-10-9-19(15-24)22(23)14-20/h9-10,14,18,21H,2-8,11-13,16-17H2,1H3/t21-/m0/s1.